The number of likely N-dealkylation sites (tertiary alicyclic amines) is 1. The summed E-state index contributed by atoms with van der Waals surface area (Å²) in [5.74, 6) is -3.56. The molecule has 1 amide bonds. The quantitative estimate of drug-likeness (QED) is 0.157. The van der Waals surface area contributed by atoms with Crippen molar-refractivity contribution in [3.63, 3.8) is 0 Å². The van der Waals surface area contributed by atoms with E-state index in [4.69, 9.17) is 10.5 Å². The molecule has 5 heterocycles. The lowest BCUT2D eigenvalue weighted by atomic mass is 9.91. The molecule has 0 radical (unpaired) electrons. The van der Waals surface area contributed by atoms with Crippen molar-refractivity contribution in [1.29, 1.82) is 0 Å². The summed E-state index contributed by atoms with van der Waals surface area (Å²) in [6, 6.07) is 17.3. The normalized spacial score (nSPS) is 15.9. The van der Waals surface area contributed by atoms with Gasteiger partial charge >= 0.3 is 5.97 Å². The number of amides is 1. The molecule has 0 bridgehead atoms. The van der Waals surface area contributed by atoms with Crippen molar-refractivity contribution in [2.45, 2.75) is 31.0 Å². The smallest absolute Gasteiger partial charge is 0.346 e. The second-order valence-electron chi connectivity index (χ2n) is 13.7. The maximum Gasteiger partial charge on any atom is 0.346 e. The molecule has 56 heavy (non-hydrogen) atoms. The number of hydrogen-bond acceptors (Lipinski definition) is 12. The Morgan fingerprint density at radius 2 is 1.80 bits per heavy atom. The van der Waals surface area contributed by atoms with Crippen molar-refractivity contribution >= 4 is 50.8 Å². The number of rotatable bonds is 10. The fourth-order valence-corrected chi connectivity index (χ4v) is 8.43. The summed E-state index contributed by atoms with van der Waals surface area (Å²) in [6.07, 6.45) is 3.45. The molecule has 6 aromatic rings. The molecule has 1 saturated heterocycles. The van der Waals surface area contributed by atoms with Crippen molar-refractivity contribution < 1.29 is 33.3 Å². The number of fused-ring (bicyclic) bond motifs is 2. The number of para-hydroxylation sites is 1. The van der Waals surface area contributed by atoms with E-state index in [1.54, 1.807) is 18.2 Å². The number of carboxylic acids is 1. The van der Waals surface area contributed by atoms with E-state index in [2.05, 4.69) is 20.4 Å². The van der Waals surface area contributed by atoms with Gasteiger partial charge in [0.1, 0.15) is 52.0 Å². The average Bonchev–Trinajstić information content (AvgIpc) is 3.84. The minimum atomic E-state index is -1.81. The number of nitrogens with one attached hydrogen (secondary N) is 1. The number of carbonyl (C=O) groups excluding carboxylic acids is 1. The number of thiophene rings is 1. The number of carbonyl (C=O) groups is 2. The molecule has 1 atom stereocenters. The number of piperidine rings is 1. The van der Waals surface area contributed by atoms with Crippen LogP contribution in [0.2, 0.25) is 0 Å². The van der Waals surface area contributed by atoms with Crippen molar-refractivity contribution in [2.75, 3.05) is 43.4 Å². The number of nitrogen functional groups attached to an aromatic ring is 1. The van der Waals surface area contributed by atoms with Gasteiger partial charge in [-0.05, 0) is 49.2 Å². The highest BCUT2D eigenvalue weighted by Gasteiger charge is 2.37. The van der Waals surface area contributed by atoms with Crippen LogP contribution in [0.5, 0.6) is 5.75 Å². The fraction of sp³-hybridized carbons (Fsp3) is 0.263. The largest absolute Gasteiger partial charge is 0.490 e. The van der Waals surface area contributed by atoms with Gasteiger partial charge in [-0.3, -0.25) is 19.1 Å². The van der Waals surface area contributed by atoms with E-state index in [1.807, 2.05) is 40.1 Å². The van der Waals surface area contributed by atoms with Crippen molar-refractivity contribution in [1.82, 2.24) is 34.5 Å². The summed E-state index contributed by atoms with van der Waals surface area (Å²) in [5.41, 5.74) is 5.12. The Kier molecular flexibility index (Phi) is 9.69. The van der Waals surface area contributed by atoms with Crippen LogP contribution in [0, 0.1) is 11.6 Å². The van der Waals surface area contributed by atoms with E-state index in [0.717, 1.165) is 23.1 Å². The van der Waals surface area contributed by atoms with E-state index in [9.17, 15) is 29.0 Å². The molecule has 0 spiro atoms. The van der Waals surface area contributed by atoms with Crippen LogP contribution >= 0.6 is 11.3 Å². The molecule has 288 valence electrons. The van der Waals surface area contributed by atoms with Gasteiger partial charge in [0.25, 0.3) is 11.5 Å². The molecule has 2 aliphatic rings. The second-order valence-corrected chi connectivity index (χ2v) is 14.7. The van der Waals surface area contributed by atoms with Gasteiger partial charge in [-0.15, -0.1) is 11.3 Å². The van der Waals surface area contributed by atoms with E-state index in [1.165, 1.54) is 28.0 Å². The van der Waals surface area contributed by atoms with E-state index in [-0.39, 0.29) is 45.3 Å². The molecule has 1 fully saturated rings. The van der Waals surface area contributed by atoms with Gasteiger partial charge in [-0.2, -0.15) is 5.10 Å². The standard InChI is InChI=1S/C38H35F2N9O6S/c39-22-6-8-26(27(40)16-22)38(54,19-47-21-42-20-43-47)18-46-12-10-23(11-13-46)44-34(50)30-31-35(56-32(30)37(52)53)45-33(41)36(51)49(31)25-7-9-29-28(17-25)48(14-15-55-29)24-4-2-1-3-5-24/h1-9,16-17,20-21,23,54H,10-15,18-19H2,(H2,41,45)(H,44,50)(H,52,53). The zero-order chi connectivity index (χ0) is 39.1. The summed E-state index contributed by atoms with van der Waals surface area (Å²) >= 11 is 0.740. The third-order valence-corrected chi connectivity index (χ3v) is 11.1. The third kappa shape index (κ3) is 6.93. The SMILES string of the molecule is Nc1nc2sc(C(=O)O)c(C(=O)NC3CCN(CC(O)(Cn4cncn4)c4ccc(F)cc4F)CC3)c2n(-c2ccc3c(c2)N(c2ccccc2)CCO3)c1=O. The van der Waals surface area contributed by atoms with Gasteiger partial charge in [0.15, 0.2) is 5.82 Å². The zero-order valence-electron chi connectivity index (χ0n) is 29.6. The number of aliphatic hydroxyl groups is 1. The van der Waals surface area contributed by atoms with Gasteiger partial charge in [0, 0.05) is 43.0 Å². The average molecular weight is 784 g/mol. The number of anilines is 3. The Balaban J connectivity index is 1.08. The van der Waals surface area contributed by atoms with Crippen LogP contribution < -0.4 is 26.2 Å². The van der Waals surface area contributed by atoms with E-state index < -0.39 is 40.7 Å². The molecular weight excluding hydrogens is 749 g/mol. The van der Waals surface area contributed by atoms with E-state index in [0.29, 0.717) is 62.3 Å². The Morgan fingerprint density at radius 1 is 1.02 bits per heavy atom. The van der Waals surface area contributed by atoms with Crippen LogP contribution in [0.15, 0.2) is 84.2 Å². The van der Waals surface area contributed by atoms with Crippen LogP contribution in [-0.2, 0) is 12.1 Å². The molecule has 3 aromatic heterocycles. The maximum atomic E-state index is 15.0. The van der Waals surface area contributed by atoms with Crippen LogP contribution in [-0.4, -0.2) is 90.1 Å². The minimum absolute atomic E-state index is 0.00368. The summed E-state index contributed by atoms with van der Waals surface area (Å²) in [4.78, 5) is 52.4. The highest BCUT2D eigenvalue weighted by Crippen LogP contribution is 2.39. The van der Waals surface area contributed by atoms with Gasteiger partial charge in [-0.25, -0.2) is 28.2 Å². The number of β-amino-alcohol motifs (C(OH)–C–C–N with tert-alkyl or cyclic N) is 1. The monoisotopic (exact) mass is 783 g/mol. The van der Waals surface area contributed by atoms with Gasteiger partial charge in [0.05, 0.1) is 35.5 Å². The molecule has 5 N–H and O–H groups in total. The summed E-state index contributed by atoms with van der Waals surface area (Å²) in [6.45, 7) is 1.49. The Labute approximate surface area is 321 Å². The van der Waals surface area contributed by atoms with E-state index >= 15 is 4.39 Å². The Morgan fingerprint density at radius 3 is 2.52 bits per heavy atom. The number of benzene rings is 3. The lowest BCUT2D eigenvalue weighted by molar-refractivity contribution is -0.0271. The second kappa shape index (κ2) is 14.8. The highest BCUT2D eigenvalue weighted by atomic mass is 32.1. The molecule has 15 nitrogen and oxygen atoms in total. The van der Waals surface area contributed by atoms with Crippen LogP contribution in [0.25, 0.3) is 16.0 Å². The van der Waals surface area contributed by atoms with Crippen molar-refractivity contribution in [2.24, 2.45) is 0 Å². The number of aromatic carboxylic acids is 1. The van der Waals surface area contributed by atoms with Crippen LogP contribution in [0.4, 0.5) is 26.0 Å². The fourth-order valence-electron chi connectivity index (χ4n) is 7.43. The predicted octanol–water partition coefficient (Wildman–Crippen LogP) is 3.91. The number of nitrogens with zero attached hydrogens (tertiary/aromatic N) is 7. The topological polar surface area (TPSA) is 194 Å². The van der Waals surface area contributed by atoms with Crippen molar-refractivity contribution in [3.8, 4) is 11.4 Å². The molecular formula is C38H35F2N9O6S. The molecule has 3 aromatic carbocycles. The van der Waals surface area contributed by atoms with Crippen molar-refractivity contribution in [3.05, 3.63) is 117 Å². The van der Waals surface area contributed by atoms with Crippen LogP contribution in [0.1, 0.15) is 38.4 Å². The predicted molar refractivity (Wildman–Crippen MR) is 203 cm³/mol. The summed E-state index contributed by atoms with van der Waals surface area (Å²) < 4.78 is 37.3. The molecule has 0 aliphatic carbocycles. The maximum absolute atomic E-state index is 15.0. The molecule has 2 aliphatic heterocycles. The number of hydrogen-bond donors (Lipinski definition) is 4. The number of ether oxygens (including phenoxy) is 1. The first kappa shape index (κ1) is 36.7. The minimum Gasteiger partial charge on any atom is -0.490 e. The van der Waals surface area contributed by atoms with Gasteiger partial charge < -0.3 is 30.9 Å². The molecule has 1 unspecified atom stereocenters. The number of aromatic nitrogens is 5. The van der Waals surface area contributed by atoms with Crippen LogP contribution in [0.3, 0.4) is 0 Å². The molecule has 0 saturated carbocycles. The van der Waals surface area contributed by atoms with Gasteiger partial charge in [0.2, 0.25) is 0 Å². The molecule has 18 heteroatoms. The number of halogens is 2. The van der Waals surface area contributed by atoms with Gasteiger partial charge in [-0.1, -0.05) is 24.3 Å². The number of carboxylic acid groups (broad SMARTS) is 1. The lowest BCUT2D eigenvalue weighted by Crippen LogP contribution is -2.50. The summed E-state index contributed by atoms with van der Waals surface area (Å²) in [5, 5.41) is 29.1. The lowest BCUT2D eigenvalue weighted by Gasteiger charge is -2.38. The third-order valence-electron chi connectivity index (χ3n) is 10.0. The molecule has 8 rings (SSSR count). The first-order valence-corrected chi connectivity index (χ1v) is 18.5. The Bertz CT molecular complexity index is 2510. The first-order chi connectivity index (χ1) is 27.0. The Hall–Kier alpha value is -6.24. The summed E-state index contributed by atoms with van der Waals surface area (Å²) in [7, 11) is 0. The number of nitrogens with two attached hydrogens (primary N) is 1. The zero-order valence-corrected chi connectivity index (χ0v) is 30.5. The highest BCUT2D eigenvalue weighted by molar-refractivity contribution is 7.20. The first-order valence-electron chi connectivity index (χ1n) is 17.7.